The summed E-state index contributed by atoms with van der Waals surface area (Å²) in [6.45, 7) is 0. The van der Waals surface area contributed by atoms with E-state index in [2.05, 4.69) is 25.9 Å². The third kappa shape index (κ3) is 1.23. The summed E-state index contributed by atoms with van der Waals surface area (Å²) >= 11 is 8.71. The van der Waals surface area contributed by atoms with Gasteiger partial charge in [0.1, 0.15) is 4.60 Å². The largest absolute Gasteiger partial charge is 0.426 e. The molecule has 0 aliphatic carbocycles. The van der Waals surface area contributed by atoms with Crippen LogP contribution in [0.5, 0.6) is 0 Å². The minimum atomic E-state index is 0.116. The highest BCUT2D eigenvalue weighted by Crippen LogP contribution is 2.18. The van der Waals surface area contributed by atoms with Crippen LogP contribution in [-0.4, -0.2) is 9.97 Å². The molecule has 0 aliphatic heterocycles. The Morgan fingerprint density at radius 2 is 2.18 bits per heavy atom. The summed E-state index contributed by atoms with van der Waals surface area (Å²) in [5, 5.41) is 0.116. The van der Waals surface area contributed by atoms with Gasteiger partial charge in [-0.15, -0.1) is 0 Å². The lowest BCUT2D eigenvalue weighted by atomic mass is 10.5. The summed E-state index contributed by atoms with van der Waals surface area (Å²) in [6.07, 6.45) is 0. The van der Waals surface area contributed by atoms with Gasteiger partial charge in [-0.1, -0.05) is 0 Å². The average molecular weight is 233 g/mol. The summed E-state index contributed by atoms with van der Waals surface area (Å²) < 4.78 is 5.71. The van der Waals surface area contributed by atoms with Gasteiger partial charge in [-0.05, 0) is 39.7 Å². The third-order valence-electron chi connectivity index (χ3n) is 1.19. The van der Waals surface area contributed by atoms with Crippen molar-refractivity contribution in [3.63, 3.8) is 0 Å². The first-order valence-electron chi connectivity index (χ1n) is 2.84. The first kappa shape index (κ1) is 7.06. The molecule has 0 unspecified atom stereocenters. The lowest BCUT2D eigenvalue weighted by Gasteiger charge is -1.85. The Morgan fingerprint density at radius 3 is 3.00 bits per heavy atom. The lowest BCUT2D eigenvalue weighted by Crippen LogP contribution is -1.75. The van der Waals surface area contributed by atoms with Gasteiger partial charge in [-0.2, -0.15) is 4.98 Å². The third-order valence-corrected chi connectivity index (χ3v) is 1.80. The molecule has 0 aromatic carbocycles. The zero-order valence-electron chi connectivity index (χ0n) is 5.21. The van der Waals surface area contributed by atoms with Crippen molar-refractivity contribution in [2.75, 3.05) is 0 Å². The van der Waals surface area contributed by atoms with Gasteiger partial charge in [-0.25, -0.2) is 4.98 Å². The van der Waals surface area contributed by atoms with Crippen molar-refractivity contribution in [2.24, 2.45) is 0 Å². The van der Waals surface area contributed by atoms with Crippen LogP contribution in [0.25, 0.3) is 11.2 Å². The molecule has 0 radical (unpaired) electrons. The molecule has 2 heterocycles. The Balaban J connectivity index is 2.82. The van der Waals surface area contributed by atoms with Crippen molar-refractivity contribution < 1.29 is 4.42 Å². The van der Waals surface area contributed by atoms with Crippen LogP contribution in [0.4, 0.5) is 0 Å². The molecular formula is C6H2BrClN2O. The molecule has 0 amide bonds. The maximum atomic E-state index is 5.50. The minimum Gasteiger partial charge on any atom is -0.426 e. The number of pyridine rings is 1. The molecule has 0 bridgehead atoms. The normalized spacial score (nSPS) is 10.7. The SMILES string of the molecule is Clc1nc2nc(Br)ccc2o1. The maximum absolute atomic E-state index is 5.50. The summed E-state index contributed by atoms with van der Waals surface area (Å²) in [5.74, 6) is 0. The van der Waals surface area contributed by atoms with Gasteiger partial charge in [-0.3, -0.25) is 0 Å². The van der Waals surface area contributed by atoms with Crippen molar-refractivity contribution in [2.45, 2.75) is 0 Å². The molecular weight excluding hydrogens is 231 g/mol. The molecule has 0 spiro atoms. The van der Waals surface area contributed by atoms with Crippen LogP contribution in [-0.2, 0) is 0 Å². The van der Waals surface area contributed by atoms with Crippen molar-refractivity contribution in [3.05, 3.63) is 22.1 Å². The Kier molecular flexibility index (Phi) is 1.58. The number of hydrogen-bond donors (Lipinski definition) is 0. The smallest absolute Gasteiger partial charge is 0.294 e. The zero-order chi connectivity index (χ0) is 7.84. The van der Waals surface area contributed by atoms with Crippen LogP contribution >= 0.6 is 27.5 Å². The van der Waals surface area contributed by atoms with Crippen LogP contribution in [0.1, 0.15) is 0 Å². The second-order valence-corrected chi connectivity index (χ2v) is 3.06. The fourth-order valence-corrected chi connectivity index (χ4v) is 1.23. The molecule has 0 fully saturated rings. The molecule has 0 saturated carbocycles. The Hall–Kier alpha value is -0.610. The van der Waals surface area contributed by atoms with E-state index in [0.29, 0.717) is 11.2 Å². The molecule has 2 aromatic rings. The number of aromatic nitrogens is 2. The van der Waals surface area contributed by atoms with Crippen molar-refractivity contribution in [3.8, 4) is 0 Å². The molecule has 11 heavy (non-hydrogen) atoms. The van der Waals surface area contributed by atoms with E-state index in [1.165, 1.54) is 0 Å². The highest BCUT2D eigenvalue weighted by molar-refractivity contribution is 9.10. The van der Waals surface area contributed by atoms with Crippen LogP contribution in [0.2, 0.25) is 5.35 Å². The van der Waals surface area contributed by atoms with E-state index in [-0.39, 0.29) is 5.35 Å². The van der Waals surface area contributed by atoms with Crippen LogP contribution < -0.4 is 0 Å². The monoisotopic (exact) mass is 232 g/mol. The molecule has 2 aromatic heterocycles. The van der Waals surface area contributed by atoms with Gasteiger partial charge < -0.3 is 4.42 Å². The van der Waals surface area contributed by atoms with Gasteiger partial charge in [0.25, 0.3) is 5.35 Å². The highest BCUT2D eigenvalue weighted by Gasteiger charge is 2.03. The summed E-state index contributed by atoms with van der Waals surface area (Å²) in [7, 11) is 0. The van der Waals surface area contributed by atoms with E-state index in [4.69, 9.17) is 16.0 Å². The second-order valence-electron chi connectivity index (χ2n) is 1.92. The maximum Gasteiger partial charge on any atom is 0.294 e. The summed E-state index contributed by atoms with van der Waals surface area (Å²) in [4.78, 5) is 7.86. The van der Waals surface area contributed by atoms with Gasteiger partial charge in [0, 0.05) is 0 Å². The second kappa shape index (κ2) is 2.46. The van der Waals surface area contributed by atoms with Gasteiger partial charge >= 0.3 is 0 Å². The fraction of sp³-hybridized carbons (Fsp3) is 0. The van der Waals surface area contributed by atoms with E-state index in [9.17, 15) is 0 Å². The molecule has 0 saturated heterocycles. The first-order chi connectivity index (χ1) is 5.25. The molecule has 0 aliphatic rings. The standard InChI is InChI=1S/C6H2BrClN2O/c7-4-2-1-3-5(9-4)10-6(8)11-3/h1-2H. The quantitative estimate of drug-likeness (QED) is 0.657. The van der Waals surface area contributed by atoms with Crippen molar-refractivity contribution in [1.29, 1.82) is 0 Å². The van der Waals surface area contributed by atoms with Crippen LogP contribution in [0.3, 0.4) is 0 Å². The molecule has 0 N–H and O–H groups in total. The lowest BCUT2D eigenvalue weighted by molar-refractivity contribution is 0.604. The zero-order valence-corrected chi connectivity index (χ0v) is 7.56. The van der Waals surface area contributed by atoms with Gasteiger partial charge in [0.15, 0.2) is 5.58 Å². The molecule has 3 nitrogen and oxygen atoms in total. The number of rotatable bonds is 0. The van der Waals surface area contributed by atoms with Crippen molar-refractivity contribution >= 4 is 38.8 Å². The Labute approximate surface area is 75.5 Å². The van der Waals surface area contributed by atoms with E-state index in [0.717, 1.165) is 4.60 Å². The minimum absolute atomic E-state index is 0.116. The first-order valence-corrected chi connectivity index (χ1v) is 4.01. The number of hydrogen-bond acceptors (Lipinski definition) is 3. The van der Waals surface area contributed by atoms with Crippen LogP contribution in [0, 0.1) is 0 Å². The summed E-state index contributed by atoms with van der Waals surface area (Å²) in [5.41, 5.74) is 1.11. The van der Waals surface area contributed by atoms with Crippen LogP contribution in [0.15, 0.2) is 21.2 Å². The van der Waals surface area contributed by atoms with E-state index in [1.807, 2.05) is 0 Å². The topological polar surface area (TPSA) is 38.9 Å². The van der Waals surface area contributed by atoms with Gasteiger partial charge in [0.05, 0.1) is 0 Å². The summed E-state index contributed by atoms with van der Waals surface area (Å²) in [6, 6.07) is 3.52. The highest BCUT2D eigenvalue weighted by atomic mass is 79.9. The number of nitrogens with zero attached hydrogens (tertiary/aromatic N) is 2. The molecule has 0 atom stereocenters. The van der Waals surface area contributed by atoms with Gasteiger partial charge in [0.2, 0.25) is 5.65 Å². The number of halogens is 2. The molecule has 5 heteroatoms. The molecule has 56 valence electrons. The Bertz CT molecular complexity index is 400. The average Bonchev–Trinajstić information content (AvgIpc) is 2.27. The Morgan fingerprint density at radius 1 is 1.36 bits per heavy atom. The fourth-order valence-electron chi connectivity index (χ4n) is 0.769. The number of fused-ring (bicyclic) bond motifs is 1. The van der Waals surface area contributed by atoms with E-state index < -0.39 is 0 Å². The number of oxazole rings is 1. The van der Waals surface area contributed by atoms with E-state index in [1.54, 1.807) is 12.1 Å². The van der Waals surface area contributed by atoms with E-state index >= 15 is 0 Å². The predicted molar refractivity (Wildman–Crippen MR) is 44.5 cm³/mol. The molecule has 2 rings (SSSR count). The van der Waals surface area contributed by atoms with Crippen molar-refractivity contribution in [1.82, 2.24) is 9.97 Å². The predicted octanol–water partition coefficient (Wildman–Crippen LogP) is 2.64.